The van der Waals surface area contributed by atoms with Crippen LogP contribution in [-0.2, 0) is 6.54 Å². The average Bonchev–Trinajstić information content (AvgIpc) is 2.29. The topological polar surface area (TPSA) is 24.5 Å². The summed E-state index contributed by atoms with van der Waals surface area (Å²) >= 11 is 0. The molecule has 0 radical (unpaired) electrons. The molecule has 2 rings (SSSR count). The van der Waals surface area contributed by atoms with Gasteiger partial charge in [-0.3, -0.25) is 4.90 Å². The zero-order chi connectivity index (χ0) is 11.4. The molecular weight excluding hydrogens is 200 g/mol. The second-order valence-corrected chi connectivity index (χ2v) is 4.44. The molecule has 0 aromatic heterocycles. The summed E-state index contributed by atoms with van der Waals surface area (Å²) in [4.78, 5) is 2.48. The second kappa shape index (κ2) is 5.32. The molecule has 1 aliphatic heterocycles. The lowest BCUT2D eigenvalue weighted by Gasteiger charge is -2.31. The fourth-order valence-electron chi connectivity index (χ4n) is 2.18. The van der Waals surface area contributed by atoms with Crippen molar-refractivity contribution in [1.29, 1.82) is 0 Å². The van der Waals surface area contributed by atoms with Crippen molar-refractivity contribution in [3.8, 4) is 5.75 Å². The number of methoxy groups -OCH3 is 1. The molecule has 0 bridgehead atoms. The highest BCUT2D eigenvalue weighted by molar-refractivity contribution is 5.28. The molecule has 0 aliphatic carbocycles. The summed E-state index contributed by atoms with van der Waals surface area (Å²) in [6.45, 7) is 6.59. The first-order valence-electron chi connectivity index (χ1n) is 5.86. The molecular formula is C13H20N2O. The van der Waals surface area contributed by atoms with Crippen LogP contribution in [0.5, 0.6) is 5.75 Å². The van der Waals surface area contributed by atoms with Crippen LogP contribution in [0.25, 0.3) is 0 Å². The molecule has 0 amide bonds. The van der Waals surface area contributed by atoms with Gasteiger partial charge < -0.3 is 10.1 Å². The Morgan fingerprint density at radius 3 is 3.12 bits per heavy atom. The summed E-state index contributed by atoms with van der Waals surface area (Å²) in [6, 6.07) is 8.92. The lowest BCUT2D eigenvalue weighted by atomic mass is 10.1. The highest BCUT2D eigenvalue weighted by atomic mass is 16.5. The fourth-order valence-corrected chi connectivity index (χ4v) is 2.18. The summed E-state index contributed by atoms with van der Waals surface area (Å²) in [6.07, 6.45) is 0. The van der Waals surface area contributed by atoms with E-state index in [-0.39, 0.29) is 0 Å². The monoisotopic (exact) mass is 220 g/mol. The van der Waals surface area contributed by atoms with Crippen molar-refractivity contribution in [1.82, 2.24) is 10.2 Å². The Morgan fingerprint density at radius 2 is 2.38 bits per heavy atom. The standard InChI is InChI=1S/C13H20N2O/c1-11-9-15(7-6-14-11)10-12-4-3-5-13(8-12)16-2/h3-5,8,11,14H,6-7,9-10H2,1-2H3/t11-/m0/s1. The number of nitrogens with zero attached hydrogens (tertiary/aromatic N) is 1. The van der Waals surface area contributed by atoms with Crippen LogP contribution in [0.2, 0.25) is 0 Å². The van der Waals surface area contributed by atoms with Crippen LogP contribution in [0.3, 0.4) is 0 Å². The molecule has 1 aromatic rings. The smallest absolute Gasteiger partial charge is 0.119 e. The van der Waals surface area contributed by atoms with E-state index >= 15 is 0 Å². The summed E-state index contributed by atoms with van der Waals surface area (Å²) in [5.74, 6) is 0.945. The van der Waals surface area contributed by atoms with Crippen molar-refractivity contribution in [2.75, 3.05) is 26.7 Å². The minimum Gasteiger partial charge on any atom is -0.497 e. The Hall–Kier alpha value is -1.06. The Balaban J connectivity index is 1.97. The van der Waals surface area contributed by atoms with E-state index < -0.39 is 0 Å². The molecule has 1 fully saturated rings. The van der Waals surface area contributed by atoms with Gasteiger partial charge in [-0.25, -0.2) is 0 Å². The van der Waals surface area contributed by atoms with Crippen LogP contribution < -0.4 is 10.1 Å². The van der Waals surface area contributed by atoms with Gasteiger partial charge in [-0.2, -0.15) is 0 Å². The predicted molar refractivity (Wildman–Crippen MR) is 65.7 cm³/mol. The van der Waals surface area contributed by atoms with E-state index in [4.69, 9.17) is 4.74 Å². The minimum atomic E-state index is 0.597. The summed E-state index contributed by atoms with van der Waals surface area (Å²) in [5, 5.41) is 3.45. The van der Waals surface area contributed by atoms with Crippen molar-refractivity contribution in [2.45, 2.75) is 19.5 Å². The van der Waals surface area contributed by atoms with Crippen molar-refractivity contribution in [2.24, 2.45) is 0 Å². The number of hydrogen-bond donors (Lipinski definition) is 1. The third-order valence-electron chi connectivity index (χ3n) is 2.99. The molecule has 0 spiro atoms. The zero-order valence-electron chi connectivity index (χ0n) is 10.1. The van der Waals surface area contributed by atoms with Gasteiger partial charge in [0.25, 0.3) is 0 Å². The van der Waals surface area contributed by atoms with Crippen LogP contribution in [0, 0.1) is 0 Å². The Morgan fingerprint density at radius 1 is 1.50 bits per heavy atom. The van der Waals surface area contributed by atoms with E-state index in [0.29, 0.717) is 6.04 Å². The number of benzene rings is 1. The number of nitrogens with one attached hydrogen (secondary N) is 1. The van der Waals surface area contributed by atoms with E-state index in [1.54, 1.807) is 7.11 Å². The average molecular weight is 220 g/mol. The van der Waals surface area contributed by atoms with Crippen LogP contribution in [0.15, 0.2) is 24.3 Å². The quantitative estimate of drug-likeness (QED) is 0.835. The Kier molecular flexibility index (Phi) is 3.80. The molecule has 1 N–H and O–H groups in total. The van der Waals surface area contributed by atoms with Crippen molar-refractivity contribution < 1.29 is 4.74 Å². The van der Waals surface area contributed by atoms with Crippen LogP contribution in [0.4, 0.5) is 0 Å². The number of hydrogen-bond acceptors (Lipinski definition) is 3. The number of ether oxygens (including phenoxy) is 1. The second-order valence-electron chi connectivity index (χ2n) is 4.44. The third-order valence-corrected chi connectivity index (χ3v) is 2.99. The molecule has 16 heavy (non-hydrogen) atoms. The Labute approximate surface area is 97.4 Å². The maximum Gasteiger partial charge on any atom is 0.119 e. The van der Waals surface area contributed by atoms with E-state index in [2.05, 4.69) is 35.3 Å². The molecule has 1 aromatic carbocycles. The molecule has 0 unspecified atom stereocenters. The zero-order valence-corrected chi connectivity index (χ0v) is 10.1. The highest BCUT2D eigenvalue weighted by Crippen LogP contribution is 2.14. The molecule has 1 aliphatic rings. The minimum absolute atomic E-state index is 0.597. The summed E-state index contributed by atoms with van der Waals surface area (Å²) in [7, 11) is 1.71. The fraction of sp³-hybridized carbons (Fsp3) is 0.538. The molecule has 1 heterocycles. The Bertz CT molecular complexity index is 340. The van der Waals surface area contributed by atoms with Crippen molar-refractivity contribution >= 4 is 0 Å². The largest absolute Gasteiger partial charge is 0.497 e. The van der Waals surface area contributed by atoms with Crippen LogP contribution in [0.1, 0.15) is 12.5 Å². The van der Waals surface area contributed by atoms with Gasteiger partial charge in [-0.05, 0) is 24.6 Å². The van der Waals surface area contributed by atoms with Gasteiger partial charge in [0.2, 0.25) is 0 Å². The maximum atomic E-state index is 5.23. The lowest BCUT2D eigenvalue weighted by Crippen LogP contribution is -2.48. The molecule has 88 valence electrons. The van der Waals surface area contributed by atoms with Gasteiger partial charge in [0.15, 0.2) is 0 Å². The van der Waals surface area contributed by atoms with E-state index in [9.17, 15) is 0 Å². The van der Waals surface area contributed by atoms with Gasteiger partial charge in [0, 0.05) is 32.2 Å². The summed E-state index contributed by atoms with van der Waals surface area (Å²) < 4.78 is 5.23. The number of rotatable bonds is 3. The molecule has 3 nitrogen and oxygen atoms in total. The molecule has 3 heteroatoms. The maximum absolute atomic E-state index is 5.23. The van der Waals surface area contributed by atoms with Gasteiger partial charge in [-0.15, -0.1) is 0 Å². The highest BCUT2D eigenvalue weighted by Gasteiger charge is 2.15. The van der Waals surface area contributed by atoms with E-state index in [1.807, 2.05) is 6.07 Å². The molecule has 1 atom stereocenters. The van der Waals surface area contributed by atoms with Crippen LogP contribution in [-0.4, -0.2) is 37.7 Å². The van der Waals surface area contributed by atoms with E-state index in [0.717, 1.165) is 31.9 Å². The first kappa shape index (κ1) is 11.4. The van der Waals surface area contributed by atoms with Gasteiger partial charge >= 0.3 is 0 Å². The predicted octanol–water partition coefficient (Wildman–Crippen LogP) is 1.49. The molecule has 1 saturated heterocycles. The summed E-state index contributed by atoms with van der Waals surface area (Å²) in [5.41, 5.74) is 1.33. The van der Waals surface area contributed by atoms with Crippen molar-refractivity contribution in [3.63, 3.8) is 0 Å². The van der Waals surface area contributed by atoms with Gasteiger partial charge in [-0.1, -0.05) is 12.1 Å². The van der Waals surface area contributed by atoms with Crippen LogP contribution >= 0.6 is 0 Å². The van der Waals surface area contributed by atoms with Gasteiger partial charge in [0.1, 0.15) is 5.75 Å². The first-order chi connectivity index (χ1) is 7.78. The van der Waals surface area contributed by atoms with E-state index in [1.165, 1.54) is 5.56 Å². The van der Waals surface area contributed by atoms with Gasteiger partial charge in [0.05, 0.1) is 7.11 Å². The SMILES string of the molecule is COc1cccc(CN2CCN[C@@H](C)C2)c1. The third kappa shape index (κ3) is 2.97. The lowest BCUT2D eigenvalue weighted by molar-refractivity contribution is 0.199. The molecule has 0 saturated carbocycles. The number of piperazine rings is 1. The first-order valence-corrected chi connectivity index (χ1v) is 5.86. The van der Waals surface area contributed by atoms with Crippen molar-refractivity contribution in [3.05, 3.63) is 29.8 Å². The normalized spacial score (nSPS) is 22.0.